The molecule has 0 spiro atoms. The van der Waals surface area contributed by atoms with Crippen LogP contribution in [-0.4, -0.2) is 31.2 Å². The van der Waals surface area contributed by atoms with E-state index in [9.17, 15) is 9.59 Å². The van der Waals surface area contributed by atoms with E-state index >= 15 is 0 Å². The summed E-state index contributed by atoms with van der Waals surface area (Å²) >= 11 is 0. The van der Waals surface area contributed by atoms with Crippen molar-refractivity contribution in [2.75, 3.05) is 6.54 Å². The average molecular weight is 299 g/mol. The monoisotopic (exact) mass is 299 g/mol. The number of benzene rings is 1. The summed E-state index contributed by atoms with van der Waals surface area (Å²) in [6, 6.07) is 7.64. The van der Waals surface area contributed by atoms with Crippen molar-refractivity contribution in [1.82, 2.24) is 5.43 Å². The molecule has 0 aliphatic carbocycles. The Bertz CT molecular complexity index is 565. The maximum atomic E-state index is 11.6. The van der Waals surface area contributed by atoms with Gasteiger partial charge >= 0.3 is 0 Å². The lowest BCUT2D eigenvalue weighted by Crippen LogP contribution is -2.17. The Hall–Kier alpha value is -2.56. The molecule has 0 aliphatic rings. The molecule has 5 nitrogen and oxygen atoms in total. The number of hydrogen-bond acceptors (Lipinski definition) is 4. The van der Waals surface area contributed by atoms with E-state index in [1.54, 1.807) is 12.3 Å². The number of nitrogens with zero attached hydrogens (tertiary/aromatic N) is 2. The van der Waals surface area contributed by atoms with Gasteiger partial charge in [0.25, 0.3) is 0 Å². The fraction of sp³-hybridized carbons (Fsp3) is 0.294. The highest BCUT2D eigenvalue weighted by molar-refractivity contribution is 5.83. The minimum Gasteiger partial charge on any atom is -0.298 e. The first kappa shape index (κ1) is 17.5. The van der Waals surface area contributed by atoms with Crippen LogP contribution >= 0.6 is 0 Å². The highest BCUT2D eigenvalue weighted by Crippen LogP contribution is 2.04. The van der Waals surface area contributed by atoms with Crippen LogP contribution in [0.15, 0.2) is 40.9 Å². The zero-order chi connectivity index (χ0) is 16.2. The molecular formula is C17H21N3O2. The van der Waals surface area contributed by atoms with Crippen LogP contribution in [0.5, 0.6) is 0 Å². The number of Topliss-reactive ketones (excluding diaryl/α,β-unsaturated/α-hetero) is 1. The lowest BCUT2D eigenvalue weighted by Gasteiger charge is -2.00. The summed E-state index contributed by atoms with van der Waals surface area (Å²) in [7, 11) is 0. The zero-order valence-electron chi connectivity index (χ0n) is 12.6. The van der Waals surface area contributed by atoms with Gasteiger partial charge in [-0.05, 0) is 36.8 Å². The fourth-order valence-corrected chi connectivity index (χ4v) is 1.81. The Labute approximate surface area is 130 Å². The number of unbranched alkanes of at least 4 members (excludes halogenated alkanes) is 1. The molecule has 22 heavy (non-hydrogen) atoms. The first-order valence-electron chi connectivity index (χ1n) is 7.14. The molecule has 5 heteroatoms. The van der Waals surface area contributed by atoms with Gasteiger partial charge in [0.1, 0.15) is 0 Å². The average Bonchev–Trinajstić information content (AvgIpc) is 2.52. The fourth-order valence-electron chi connectivity index (χ4n) is 1.81. The van der Waals surface area contributed by atoms with Crippen LogP contribution in [0.3, 0.4) is 0 Å². The molecule has 1 rings (SSSR count). The Kier molecular flexibility index (Phi) is 8.12. The van der Waals surface area contributed by atoms with Crippen LogP contribution in [0.1, 0.15) is 36.8 Å². The van der Waals surface area contributed by atoms with Crippen LogP contribution in [0.4, 0.5) is 0 Å². The molecule has 0 fully saturated rings. The van der Waals surface area contributed by atoms with Gasteiger partial charge in [-0.1, -0.05) is 30.9 Å². The van der Waals surface area contributed by atoms with Crippen molar-refractivity contribution in [3.8, 4) is 0 Å². The van der Waals surface area contributed by atoms with Crippen molar-refractivity contribution < 1.29 is 9.59 Å². The van der Waals surface area contributed by atoms with Crippen molar-refractivity contribution in [1.29, 1.82) is 0 Å². The van der Waals surface area contributed by atoms with E-state index in [1.807, 2.05) is 24.3 Å². The molecule has 1 amide bonds. The van der Waals surface area contributed by atoms with Crippen molar-refractivity contribution >= 4 is 30.7 Å². The number of aliphatic imine (C=N–C) groups is 1. The summed E-state index contributed by atoms with van der Waals surface area (Å²) in [4.78, 5) is 26.3. The molecule has 0 bridgehead atoms. The zero-order valence-corrected chi connectivity index (χ0v) is 12.6. The molecule has 0 saturated carbocycles. The largest absolute Gasteiger partial charge is 0.298 e. The SMILES string of the molecule is C=Cc1cccc(/C=N/NC(=O)CCCCC(=O)CN=C)c1. The summed E-state index contributed by atoms with van der Waals surface area (Å²) in [6.07, 6.45) is 5.44. The van der Waals surface area contributed by atoms with E-state index in [1.165, 1.54) is 0 Å². The maximum absolute atomic E-state index is 11.6. The van der Waals surface area contributed by atoms with Gasteiger partial charge in [-0.2, -0.15) is 5.10 Å². The van der Waals surface area contributed by atoms with Gasteiger partial charge in [0.05, 0.1) is 12.8 Å². The van der Waals surface area contributed by atoms with E-state index in [0.29, 0.717) is 25.7 Å². The van der Waals surface area contributed by atoms with Crippen LogP contribution in [0.2, 0.25) is 0 Å². The Morgan fingerprint density at radius 3 is 2.64 bits per heavy atom. The van der Waals surface area contributed by atoms with Gasteiger partial charge in [0.2, 0.25) is 5.91 Å². The molecule has 0 radical (unpaired) electrons. The van der Waals surface area contributed by atoms with Gasteiger partial charge in [0, 0.05) is 12.8 Å². The summed E-state index contributed by atoms with van der Waals surface area (Å²) in [6.45, 7) is 7.12. The number of amides is 1. The van der Waals surface area contributed by atoms with E-state index in [0.717, 1.165) is 11.1 Å². The summed E-state index contributed by atoms with van der Waals surface area (Å²) < 4.78 is 0. The van der Waals surface area contributed by atoms with E-state index < -0.39 is 0 Å². The Balaban J connectivity index is 2.25. The van der Waals surface area contributed by atoms with Crippen LogP contribution in [-0.2, 0) is 9.59 Å². The second-order valence-corrected chi connectivity index (χ2v) is 4.79. The van der Waals surface area contributed by atoms with Crippen molar-refractivity contribution in [2.24, 2.45) is 10.1 Å². The first-order chi connectivity index (χ1) is 10.7. The second-order valence-electron chi connectivity index (χ2n) is 4.79. The molecule has 0 heterocycles. The van der Waals surface area contributed by atoms with Crippen LogP contribution in [0.25, 0.3) is 6.08 Å². The summed E-state index contributed by atoms with van der Waals surface area (Å²) in [5.41, 5.74) is 4.36. The van der Waals surface area contributed by atoms with E-state index in [-0.39, 0.29) is 18.2 Å². The molecular weight excluding hydrogens is 278 g/mol. The summed E-state index contributed by atoms with van der Waals surface area (Å²) in [5, 5.41) is 3.91. The maximum Gasteiger partial charge on any atom is 0.240 e. The number of carbonyl (C=O) groups excluding carboxylic acids is 2. The predicted octanol–water partition coefficient (Wildman–Crippen LogP) is 2.61. The third-order valence-electron chi connectivity index (χ3n) is 2.95. The number of carbonyl (C=O) groups is 2. The summed E-state index contributed by atoms with van der Waals surface area (Å²) in [5.74, 6) is -0.110. The Morgan fingerprint density at radius 2 is 1.91 bits per heavy atom. The molecule has 0 atom stereocenters. The van der Waals surface area contributed by atoms with Crippen molar-refractivity contribution in [3.63, 3.8) is 0 Å². The lowest BCUT2D eigenvalue weighted by molar-refractivity contribution is -0.121. The molecule has 1 aromatic carbocycles. The highest BCUT2D eigenvalue weighted by atomic mass is 16.2. The molecule has 1 N–H and O–H groups in total. The molecule has 0 saturated heterocycles. The minimum absolute atomic E-state index is 0.0514. The van der Waals surface area contributed by atoms with Gasteiger partial charge in [-0.15, -0.1) is 0 Å². The lowest BCUT2D eigenvalue weighted by atomic mass is 10.1. The van der Waals surface area contributed by atoms with Gasteiger partial charge in [0.15, 0.2) is 5.78 Å². The van der Waals surface area contributed by atoms with Crippen LogP contribution in [0, 0.1) is 0 Å². The van der Waals surface area contributed by atoms with Gasteiger partial charge < -0.3 is 0 Å². The van der Waals surface area contributed by atoms with Crippen molar-refractivity contribution in [3.05, 3.63) is 42.0 Å². The molecule has 0 unspecified atom stereocenters. The van der Waals surface area contributed by atoms with Crippen molar-refractivity contribution in [2.45, 2.75) is 25.7 Å². The normalized spacial score (nSPS) is 10.4. The number of rotatable bonds is 10. The smallest absolute Gasteiger partial charge is 0.240 e. The minimum atomic E-state index is -0.162. The number of hydrazone groups is 1. The quantitative estimate of drug-likeness (QED) is 0.410. The van der Waals surface area contributed by atoms with E-state index in [4.69, 9.17) is 0 Å². The van der Waals surface area contributed by atoms with Crippen LogP contribution < -0.4 is 5.43 Å². The first-order valence-corrected chi connectivity index (χ1v) is 7.14. The number of ketones is 1. The molecule has 116 valence electrons. The third-order valence-corrected chi connectivity index (χ3v) is 2.95. The second kappa shape index (κ2) is 10.2. The molecule has 1 aromatic rings. The number of hydrogen-bond donors (Lipinski definition) is 1. The molecule has 0 aliphatic heterocycles. The highest BCUT2D eigenvalue weighted by Gasteiger charge is 2.02. The van der Waals surface area contributed by atoms with Gasteiger partial charge in [-0.3, -0.25) is 14.6 Å². The van der Waals surface area contributed by atoms with Gasteiger partial charge in [-0.25, -0.2) is 5.43 Å². The van der Waals surface area contributed by atoms with E-state index in [2.05, 4.69) is 28.8 Å². The molecule has 0 aromatic heterocycles. The topological polar surface area (TPSA) is 70.9 Å². The third kappa shape index (κ3) is 7.28. The number of nitrogens with one attached hydrogen (secondary N) is 1. The Morgan fingerprint density at radius 1 is 1.18 bits per heavy atom. The predicted molar refractivity (Wildman–Crippen MR) is 90.2 cm³/mol. The standard InChI is InChI=1S/C17H21N3O2/c1-3-14-7-6-8-15(11-14)12-19-20-17(22)10-5-4-9-16(21)13-18-2/h3,6-8,11-12H,1-2,4-5,9-10,13H2,(H,20,22)/b19-12+.